The largest absolute Gasteiger partial charge is 0.481 e. The standard InChI is InChI=1S/C8H11BrN2O3/c1-4-7(14-8(9)11-4)5(3-10)2-6(12)13/h5H,2-3,10H2,1H3,(H,12,13). The molecule has 5 nitrogen and oxygen atoms in total. The summed E-state index contributed by atoms with van der Waals surface area (Å²) in [5, 5.41) is 8.64. The Bertz CT molecular complexity index is 337. The Labute approximate surface area is 89.4 Å². The normalized spacial score (nSPS) is 12.8. The van der Waals surface area contributed by atoms with Gasteiger partial charge in [0, 0.05) is 28.4 Å². The summed E-state index contributed by atoms with van der Waals surface area (Å²) in [5.74, 6) is -0.666. The average Bonchev–Trinajstić information content (AvgIpc) is 2.41. The van der Waals surface area contributed by atoms with Gasteiger partial charge in [-0.3, -0.25) is 4.79 Å². The van der Waals surface area contributed by atoms with E-state index < -0.39 is 5.97 Å². The lowest BCUT2D eigenvalue weighted by atomic mass is 10.0. The van der Waals surface area contributed by atoms with Crippen molar-refractivity contribution in [1.29, 1.82) is 0 Å². The highest BCUT2D eigenvalue weighted by Gasteiger charge is 2.21. The SMILES string of the molecule is Cc1nc(Br)oc1C(CN)CC(=O)O. The van der Waals surface area contributed by atoms with Gasteiger partial charge >= 0.3 is 5.97 Å². The van der Waals surface area contributed by atoms with Crippen LogP contribution in [-0.4, -0.2) is 22.6 Å². The van der Waals surface area contributed by atoms with Crippen LogP contribution in [0.25, 0.3) is 0 Å². The molecule has 1 atom stereocenters. The van der Waals surface area contributed by atoms with Gasteiger partial charge in [0.25, 0.3) is 4.80 Å². The summed E-state index contributed by atoms with van der Waals surface area (Å²) in [6.45, 7) is 1.99. The van der Waals surface area contributed by atoms with Gasteiger partial charge in [-0.1, -0.05) is 0 Å². The molecular weight excluding hydrogens is 252 g/mol. The van der Waals surface area contributed by atoms with Crippen molar-refractivity contribution in [3.8, 4) is 0 Å². The number of nitrogens with zero attached hydrogens (tertiary/aromatic N) is 1. The number of rotatable bonds is 4. The molecule has 0 fully saturated rings. The van der Waals surface area contributed by atoms with Crippen molar-refractivity contribution < 1.29 is 14.3 Å². The van der Waals surface area contributed by atoms with E-state index in [-0.39, 0.29) is 18.9 Å². The summed E-state index contributed by atoms with van der Waals surface area (Å²) >= 11 is 3.08. The van der Waals surface area contributed by atoms with Crippen LogP contribution in [0, 0.1) is 6.92 Å². The number of hydrogen-bond donors (Lipinski definition) is 2. The van der Waals surface area contributed by atoms with Crippen molar-refractivity contribution in [2.45, 2.75) is 19.3 Å². The van der Waals surface area contributed by atoms with E-state index in [0.29, 0.717) is 16.3 Å². The van der Waals surface area contributed by atoms with Crippen molar-refractivity contribution in [2.24, 2.45) is 5.73 Å². The van der Waals surface area contributed by atoms with Crippen molar-refractivity contribution >= 4 is 21.9 Å². The van der Waals surface area contributed by atoms with Gasteiger partial charge in [0.2, 0.25) is 0 Å². The maximum Gasteiger partial charge on any atom is 0.304 e. The Morgan fingerprint density at radius 3 is 2.79 bits per heavy atom. The van der Waals surface area contributed by atoms with Gasteiger partial charge < -0.3 is 15.3 Å². The van der Waals surface area contributed by atoms with E-state index in [1.165, 1.54) is 0 Å². The minimum absolute atomic E-state index is 0.0427. The summed E-state index contributed by atoms with van der Waals surface area (Å²) < 4.78 is 5.23. The number of halogens is 1. The number of carboxylic acids is 1. The van der Waals surface area contributed by atoms with Gasteiger partial charge in [-0.25, -0.2) is 4.98 Å². The first-order chi connectivity index (χ1) is 6.54. The lowest BCUT2D eigenvalue weighted by Gasteiger charge is -2.08. The van der Waals surface area contributed by atoms with Gasteiger partial charge in [-0.15, -0.1) is 0 Å². The Morgan fingerprint density at radius 2 is 2.43 bits per heavy atom. The molecule has 0 aliphatic carbocycles. The summed E-state index contributed by atoms with van der Waals surface area (Å²) in [6, 6.07) is 0. The van der Waals surface area contributed by atoms with Crippen LogP contribution in [0.3, 0.4) is 0 Å². The van der Waals surface area contributed by atoms with Crippen LogP contribution in [-0.2, 0) is 4.79 Å². The summed E-state index contributed by atoms with van der Waals surface area (Å²) in [4.78, 5) is 14.9. The number of nitrogens with two attached hydrogens (primary N) is 1. The Morgan fingerprint density at radius 1 is 1.79 bits per heavy atom. The van der Waals surface area contributed by atoms with Crippen LogP contribution in [0.1, 0.15) is 23.8 Å². The van der Waals surface area contributed by atoms with Gasteiger partial charge in [-0.05, 0) is 6.92 Å². The van der Waals surface area contributed by atoms with Gasteiger partial charge in [-0.2, -0.15) is 0 Å². The number of hydrogen-bond acceptors (Lipinski definition) is 4. The molecule has 0 saturated heterocycles. The molecule has 1 aromatic heterocycles. The molecule has 1 unspecified atom stereocenters. The average molecular weight is 263 g/mol. The van der Waals surface area contributed by atoms with E-state index in [2.05, 4.69) is 20.9 Å². The fourth-order valence-corrected chi connectivity index (χ4v) is 1.69. The Balaban J connectivity index is 2.88. The van der Waals surface area contributed by atoms with Gasteiger partial charge in [0.1, 0.15) is 5.76 Å². The highest BCUT2D eigenvalue weighted by Crippen LogP contribution is 2.25. The molecular formula is C8H11BrN2O3. The van der Waals surface area contributed by atoms with Crippen molar-refractivity contribution in [3.63, 3.8) is 0 Å². The second kappa shape index (κ2) is 4.56. The fourth-order valence-electron chi connectivity index (χ4n) is 1.25. The van der Waals surface area contributed by atoms with Crippen LogP contribution >= 0.6 is 15.9 Å². The van der Waals surface area contributed by atoms with E-state index in [4.69, 9.17) is 15.3 Å². The van der Waals surface area contributed by atoms with Crippen LogP contribution in [0.2, 0.25) is 0 Å². The summed E-state index contributed by atoms with van der Waals surface area (Å²) in [5.41, 5.74) is 6.14. The molecule has 6 heteroatoms. The van der Waals surface area contributed by atoms with E-state index in [1.807, 2.05) is 0 Å². The molecule has 78 valence electrons. The van der Waals surface area contributed by atoms with E-state index in [1.54, 1.807) is 6.92 Å². The third kappa shape index (κ3) is 2.55. The molecule has 0 radical (unpaired) electrons. The number of aromatic nitrogens is 1. The lowest BCUT2D eigenvalue weighted by Crippen LogP contribution is -2.16. The number of oxazole rings is 1. The number of aliphatic carboxylic acids is 1. The minimum Gasteiger partial charge on any atom is -0.481 e. The zero-order chi connectivity index (χ0) is 10.7. The predicted octanol–water partition coefficient (Wildman–Crippen LogP) is 1.26. The monoisotopic (exact) mass is 262 g/mol. The Hall–Kier alpha value is -0.880. The minimum atomic E-state index is -0.896. The first kappa shape index (κ1) is 11.2. The summed E-state index contributed by atoms with van der Waals surface area (Å²) in [6.07, 6.45) is -0.0427. The molecule has 1 rings (SSSR count). The van der Waals surface area contributed by atoms with Crippen LogP contribution < -0.4 is 5.73 Å². The quantitative estimate of drug-likeness (QED) is 0.853. The molecule has 0 amide bonds. The van der Waals surface area contributed by atoms with Gasteiger partial charge in [0.05, 0.1) is 12.1 Å². The van der Waals surface area contributed by atoms with Crippen molar-refractivity contribution in [2.75, 3.05) is 6.54 Å². The molecule has 3 N–H and O–H groups in total. The molecule has 1 aromatic rings. The van der Waals surface area contributed by atoms with Crippen molar-refractivity contribution in [1.82, 2.24) is 4.98 Å². The third-order valence-electron chi connectivity index (χ3n) is 1.88. The first-order valence-corrected chi connectivity index (χ1v) is 4.88. The van der Waals surface area contributed by atoms with Crippen molar-refractivity contribution in [3.05, 3.63) is 16.3 Å². The van der Waals surface area contributed by atoms with Crippen LogP contribution in [0.15, 0.2) is 9.22 Å². The third-order valence-corrected chi connectivity index (χ3v) is 2.22. The second-order valence-electron chi connectivity index (χ2n) is 2.95. The van der Waals surface area contributed by atoms with Crippen LogP contribution in [0.4, 0.5) is 0 Å². The molecule has 0 spiro atoms. The molecule has 14 heavy (non-hydrogen) atoms. The van der Waals surface area contributed by atoms with Crippen LogP contribution in [0.5, 0.6) is 0 Å². The number of carbonyl (C=O) groups is 1. The van der Waals surface area contributed by atoms with Gasteiger partial charge in [0.15, 0.2) is 0 Å². The highest BCUT2D eigenvalue weighted by molar-refractivity contribution is 9.10. The second-order valence-corrected chi connectivity index (χ2v) is 3.63. The number of carboxylic acid groups (broad SMARTS) is 1. The molecule has 0 bridgehead atoms. The molecule has 0 aliphatic heterocycles. The van der Waals surface area contributed by atoms with E-state index in [9.17, 15) is 4.79 Å². The molecule has 1 heterocycles. The molecule has 0 aromatic carbocycles. The fraction of sp³-hybridized carbons (Fsp3) is 0.500. The van der Waals surface area contributed by atoms with E-state index in [0.717, 1.165) is 0 Å². The predicted molar refractivity (Wildman–Crippen MR) is 53.0 cm³/mol. The number of aryl methyl sites for hydroxylation is 1. The lowest BCUT2D eigenvalue weighted by molar-refractivity contribution is -0.137. The highest BCUT2D eigenvalue weighted by atomic mass is 79.9. The van der Waals surface area contributed by atoms with E-state index >= 15 is 0 Å². The zero-order valence-corrected chi connectivity index (χ0v) is 9.24. The zero-order valence-electron chi connectivity index (χ0n) is 7.66. The first-order valence-electron chi connectivity index (χ1n) is 4.09. The maximum absolute atomic E-state index is 10.5. The smallest absolute Gasteiger partial charge is 0.304 e. The molecule has 0 saturated carbocycles. The molecule has 0 aliphatic rings. The maximum atomic E-state index is 10.5. The Kier molecular flexibility index (Phi) is 3.65. The topological polar surface area (TPSA) is 89.4 Å². The summed E-state index contributed by atoms with van der Waals surface area (Å²) in [7, 11) is 0.